The van der Waals surface area contributed by atoms with Gasteiger partial charge in [0.15, 0.2) is 0 Å². The van der Waals surface area contributed by atoms with Crippen LogP contribution >= 0.6 is 0 Å². The van der Waals surface area contributed by atoms with E-state index in [-0.39, 0.29) is 0 Å². The van der Waals surface area contributed by atoms with E-state index in [1.807, 2.05) is 41.2 Å². The molecule has 4 nitrogen and oxygen atoms in total. The van der Waals surface area contributed by atoms with Crippen LogP contribution in [0.4, 0.5) is 0 Å². The fraction of sp³-hybridized carbons (Fsp3) is 0.357. The van der Waals surface area contributed by atoms with Crippen molar-refractivity contribution in [3.63, 3.8) is 0 Å². The summed E-state index contributed by atoms with van der Waals surface area (Å²) in [6.07, 6.45) is 2.75. The fourth-order valence-electron chi connectivity index (χ4n) is 1.84. The van der Waals surface area contributed by atoms with Crippen molar-refractivity contribution in [2.24, 2.45) is 5.73 Å². The zero-order valence-electron chi connectivity index (χ0n) is 10.7. The van der Waals surface area contributed by atoms with Crippen molar-refractivity contribution in [2.75, 3.05) is 6.61 Å². The van der Waals surface area contributed by atoms with E-state index in [4.69, 9.17) is 10.5 Å². The second-order valence-electron chi connectivity index (χ2n) is 4.21. The average molecular weight is 245 g/mol. The van der Waals surface area contributed by atoms with E-state index in [1.165, 1.54) is 5.69 Å². The Morgan fingerprint density at radius 3 is 2.83 bits per heavy atom. The van der Waals surface area contributed by atoms with Crippen LogP contribution in [0, 0.1) is 6.92 Å². The maximum absolute atomic E-state index is 5.75. The first kappa shape index (κ1) is 12.6. The highest BCUT2D eigenvalue weighted by Crippen LogP contribution is 2.17. The van der Waals surface area contributed by atoms with Gasteiger partial charge in [0.05, 0.1) is 6.61 Å². The molecule has 0 unspecified atom stereocenters. The molecule has 0 atom stereocenters. The van der Waals surface area contributed by atoms with E-state index in [0.717, 1.165) is 24.3 Å². The summed E-state index contributed by atoms with van der Waals surface area (Å²) in [5.41, 5.74) is 7.88. The average Bonchev–Trinajstić information content (AvgIpc) is 2.81. The normalized spacial score (nSPS) is 10.6. The van der Waals surface area contributed by atoms with Crippen molar-refractivity contribution in [1.29, 1.82) is 0 Å². The van der Waals surface area contributed by atoms with E-state index in [0.29, 0.717) is 13.2 Å². The van der Waals surface area contributed by atoms with Crippen LogP contribution in [0.1, 0.15) is 17.7 Å². The summed E-state index contributed by atoms with van der Waals surface area (Å²) >= 11 is 0. The largest absolute Gasteiger partial charge is 0.493 e. The molecule has 0 amide bonds. The molecule has 4 heteroatoms. The quantitative estimate of drug-likeness (QED) is 0.793. The van der Waals surface area contributed by atoms with Gasteiger partial charge in [-0.15, -0.1) is 0 Å². The van der Waals surface area contributed by atoms with Crippen molar-refractivity contribution in [1.82, 2.24) is 9.78 Å². The number of nitrogens with two attached hydrogens (primary N) is 1. The summed E-state index contributed by atoms with van der Waals surface area (Å²) < 4.78 is 7.73. The van der Waals surface area contributed by atoms with Crippen LogP contribution in [0.5, 0.6) is 5.75 Å². The summed E-state index contributed by atoms with van der Waals surface area (Å²) in [6.45, 7) is 4.12. The van der Waals surface area contributed by atoms with E-state index < -0.39 is 0 Å². The zero-order valence-corrected chi connectivity index (χ0v) is 10.7. The van der Waals surface area contributed by atoms with Crippen LogP contribution in [0.15, 0.2) is 36.5 Å². The number of hydrogen-bond donors (Lipinski definition) is 1. The molecule has 2 rings (SSSR count). The van der Waals surface area contributed by atoms with Crippen LogP contribution in [-0.2, 0) is 13.1 Å². The van der Waals surface area contributed by atoms with Crippen molar-refractivity contribution in [3.05, 3.63) is 47.8 Å². The zero-order chi connectivity index (χ0) is 12.8. The standard InChI is InChI=1S/C14H19N3O/c1-12-7-8-16-17(12)9-4-10-18-14-6-3-2-5-13(14)11-15/h2-3,5-8H,4,9-11,15H2,1H3. The molecule has 0 bridgehead atoms. The lowest BCUT2D eigenvalue weighted by atomic mass is 10.2. The minimum Gasteiger partial charge on any atom is -0.493 e. The second-order valence-corrected chi connectivity index (χ2v) is 4.21. The lowest BCUT2D eigenvalue weighted by molar-refractivity contribution is 0.295. The lowest BCUT2D eigenvalue weighted by Crippen LogP contribution is -2.08. The molecular weight excluding hydrogens is 226 g/mol. The predicted molar refractivity (Wildman–Crippen MR) is 71.4 cm³/mol. The molecule has 0 radical (unpaired) electrons. The molecule has 1 aromatic heterocycles. The van der Waals surface area contributed by atoms with E-state index in [9.17, 15) is 0 Å². The summed E-state index contributed by atoms with van der Waals surface area (Å²) in [5, 5.41) is 4.24. The SMILES string of the molecule is Cc1ccnn1CCCOc1ccccc1CN. The van der Waals surface area contributed by atoms with E-state index >= 15 is 0 Å². The van der Waals surface area contributed by atoms with Gasteiger partial charge in [-0.3, -0.25) is 4.68 Å². The van der Waals surface area contributed by atoms with Gasteiger partial charge < -0.3 is 10.5 Å². The first-order valence-corrected chi connectivity index (χ1v) is 6.20. The molecule has 0 fully saturated rings. The Morgan fingerprint density at radius 2 is 2.11 bits per heavy atom. The van der Waals surface area contributed by atoms with Crippen LogP contribution in [0.3, 0.4) is 0 Å². The summed E-state index contributed by atoms with van der Waals surface area (Å²) in [5.74, 6) is 0.886. The molecule has 2 N–H and O–H groups in total. The summed E-state index contributed by atoms with van der Waals surface area (Å²) in [4.78, 5) is 0. The maximum atomic E-state index is 5.75. The summed E-state index contributed by atoms with van der Waals surface area (Å²) in [6, 6.07) is 9.90. The van der Waals surface area contributed by atoms with Crippen molar-refractivity contribution in [3.8, 4) is 5.75 Å². The number of ether oxygens (including phenoxy) is 1. The molecule has 0 aliphatic rings. The van der Waals surface area contributed by atoms with Gasteiger partial charge in [0.2, 0.25) is 0 Å². The van der Waals surface area contributed by atoms with Gasteiger partial charge >= 0.3 is 0 Å². The maximum Gasteiger partial charge on any atom is 0.123 e. The highest BCUT2D eigenvalue weighted by molar-refractivity contribution is 5.32. The minimum absolute atomic E-state index is 0.508. The van der Waals surface area contributed by atoms with Crippen molar-refractivity contribution in [2.45, 2.75) is 26.4 Å². The molecule has 2 aromatic rings. The molecule has 96 valence electrons. The minimum atomic E-state index is 0.508. The van der Waals surface area contributed by atoms with E-state index in [2.05, 4.69) is 12.0 Å². The van der Waals surface area contributed by atoms with Crippen LogP contribution < -0.4 is 10.5 Å². The van der Waals surface area contributed by atoms with Gasteiger partial charge in [-0.1, -0.05) is 18.2 Å². The monoisotopic (exact) mass is 245 g/mol. The number of benzene rings is 1. The smallest absolute Gasteiger partial charge is 0.123 e. The van der Waals surface area contributed by atoms with Gasteiger partial charge in [-0.05, 0) is 19.1 Å². The molecule has 0 aliphatic carbocycles. The van der Waals surface area contributed by atoms with Crippen LogP contribution in [-0.4, -0.2) is 16.4 Å². The molecule has 18 heavy (non-hydrogen) atoms. The number of para-hydroxylation sites is 1. The summed E-state index contributed by atoms with van der Waals surface area (Å²) in [7, 11) is 0. The number of aromatic nitrogens is 2. The molecular formula is C14H19N3O. The van der Waals surface area contributed by atoms with Crippen LogP contribution in [0.25, 0.3) is 0 Å². The molecule has 0 saturated carbocycles. The van der Waals surface area contributed by atoms with Gasteiger partial charge in [0, 0.05) is 37.0 Å². The Morgan fingerprint density at radius 1 is 1.28 bits per heavy atom. The molecule has 1 heterocycles. The third-order valence-corrected chi connectivity index (χ3v) is 2.89. The van der Waals surface area contributed by atoms with Crippen LogP contribution in [0.2, 0.25) is 0 Å². The Hall–Kier alpha value is -1.81. The number of hydrogen-bond acceptors (Lipinski definition) is 3. The molecule has 0 saturated heterocycles. The first-order valence-electron chi connectivity index (χ1n) is 6.20. The van der Waals surface area contributed by atoms with Gasteiger partial charge in [0.25, 0.3) is 0 Å². The molecule has 1 aromatic carbocycles. The fourth-order valence-corrected chi connectivity index (χ4v) is 1.84. The Bertz CT molecular complexity index is 493. The van der Waals surface area contributed by atoms with E-state index in [1.54, 1.807) is 0 Å². The Balaban J connectivity index is 1.80. The van der Waals surface area contributed by atoms with Gasteiger partial charge in [-0.25, -0.2) is 0 Å². The molecule has 0 spiro atoms. The van der Waals surface area contributed by atoms with Crippen molar-refractivity contribution < 1.29 is 4.74 Å². The lowest BCUT2D eigenvalue weighted by Gasteiger charge is -2.10. The number of nitrogens with zero attached hydrogens (tertiary/aromatic N) is 2. The topological polar surface area (TPSA) is 53.1 Å². The molecule has 0 aliphatic heterocycles. The first-order chi connectivity index (χ1) is 8.81. The van der Waals surface area contributed by atoms with Gasteiger partial charge in [-0.2, -0.15) is 5.10 Å². The van der Waals surface area contributed by atoms with Crippen molar-refractivity contribution >= 4 is 0 Å². The Kier molecular flexibility index (Phi) is 4.36. The van der Waals surface area contributed by atoms with Gasteiger partial charge in [0.1, 0.15) is 5.75 Å². The Labute approximate surface area is 107 Å². The second kappa shape index (κ2) is 6.21. The number of aryl methyl sites for hydroxylation is 2. The highest BCUT2D eigenvalue weighted by Gasteiger charge is 2.01. The highest BCUT2D eigenvalue weighted by atomic mass is 16.5. The predicted octanol–water partition coefficient (Wildman–Crippen LogP) is 2.12. The third-order valence-electron chi connectivity index (χ3n) is 2.89. The number of rotatable bonds is 6. The third kappa shape index (κ3) is 3.11.